The molecule has 1 aromatic carbocycles. The Bertz CT molecular complexity index is 779. The van der Waals surface area contributed by atoms with Gasteiger partial charge in [-0.1, -0.05) is 32.0 Å². The fourth-order valence-electron chi connectivity index (χ4n) is 2.73. The number of hydrogen-bond acceptors (Lipinski definition) is 4. The quantitative estimate of drug-likeness (QED) is 0.698. The van der Waals surface area contributed by atoms with Gasteiger partial charge in [0.15, 0.2) is 0 Å². The van der Waals surface area contributed by atoms with Crippen LogP contribution in [0.1, 0.15) is 32.5 Å². The van der Waals surface area contributed by atoms with Crippen molar-refractivity contribution in [1.82, 2.24) is 19.5 Å². The normalized spacial score (nSPS) is 10.8. The topological polar surface area (TPSA) is 55.6 Å². The average molecular weight is 321 g/mol. The van der Waals surface area contributed by atoms with Crippen molar-refractivity contribution in [2.24, 2.45) is 0 Å². The minimum Gasteiger partial charge on any atom is -0.327 e. The summed E-state index contributed by atoms with van der Waals surface area (Å²) >= 11 is 0. The van der Waals surface area contributed by atoms with Crippen LogP contribution < -0.4 is 5.32 Å². The first-order valence-electron chi connectivity index (χ1n) is 8.51. The summed E-state index contributed by atoms with van der Waals surface area (Å²) in [5.74, 6) is 1.73. The first-order valence-corrected chi connectivity index (χ1v) is 8.51. The molecule has 0 radical (unpaired) electrons. The molecule has 0 atom stereocenters. The smallest absolute Gasteiger partial charge is 0.227 e. The highest BCUT2D eigenvalue weighted by molar-refractivity contribution is 5.59. The van der Waals surface area contributed by atoms with Crippen molar-refractivity contribution in [3.8, 4) is 11.4 Å². The van der Waals surface area contributed by atoms with Gasteiger partial charge in [-0.05, 0) is 31.0 Å². The van der Waals surface area contributed by atoms with Gasteiger partial charge in [0, 0.05) is 24.8 Å². The maximum absolute atomic E-state index is 4.67. The Morgan fingerprint density at radius 3 is 2.58 bits per heavy atom. The molecule has 2 heterocycles. The molecule has 0 bridgehead atoms. The fraction of sp³-hybridized carbons (Fsp3) is 0.316. The van der Waals surface area contributed by atoms with E-state index in [0.29, 0.717) is 5.95 Å². The lowest BCUT2D eigenvalue weighted by atomic mass is 10.3. The second kappa shape index (κ2) is 7.73. The SMILES string of the molecule is CCCc1ncc(-c2ccnc(Nc3ccccc3)n2)n1CCC. The van der Waals surface area contributed by atoms with Crippen LogP contribution in [0.25, 0.3) is 11.4 Å². The average Bonchev–Trinajstić information content (AvgIpc) is 3.00. The van der Waals surface area contributed by atoms with Crippen LogP contribution in [0.4, 0.5) is 11.6 Å². The first kappa shape index (κ1) is 16.2. The van der Waals surface area contributed by atoms with Crippen LogP contribution in [0.5, 0.6) is 0 Å². The van der Waals surface area contributed by atoms with Gasteiger partial charge in [0.25, 0.3) is 0 Å². The van der Waals surface area contributed by atoms with Crippen molar-refractivity contribution >= 4 is 11.6 Å². The minimum absolute atomic E-state index is 0.597. The number of hydrogen-bond donors (Lipinski definition) is 1. The van der Waals surface area contributed by atoms with Gasteiger partial charge in [0.05, 0.1) is 17.6 Å². The molecule has 24 heavy (non-hydrogen) atoms. The molecule has 0 fully saturated rings. The molecule has 0 aliphatic carbocycles. The van der Waals surface area contributed by atoms with Gasteiger partial charge < -0.3 is 9.88 Å². The molecule has 3 aromatic rings. The lowest BCUT2D eigenvalue weighted by molar-refractivity contribution is 0.634. The Morgan fingerprint density at radius 2 is 1.83 bits per heavy atom. The van der Waals surface area contributed by atoms with Crippen molar-refractivity contribution < 1.29 is 0 Å². The second-order valence-corrected chi connectivity index (χ2v) is 5.72. The molecule has 5 nitrogen and oxygen atoms in total. The molecule has 1 N–H and O–H groups in total. The molecular formula is C19H23N5. The third-order valence-corrected chi connectivity index (χ3v) is 3.81. The molecule has 2 aromatic heterocycles. The minimum atomic E-state index is 0.597. The predicted molar refractivity (Wildman–Crippen MR) is 97.3 cm³/mol. The van der Waals surface area contributed by atoms with Crippen LogP contribution >= 0.6 is 0 Å². The summed E-state index contributed by atoms with van der Waals surface area (Å²) in [5.41, 5.74) is 2.92. The number of nitrogens with zero attached hydrogens (tertiary/aromatic N) is 4. The number of para-hydroxylation sites is 1. The first-order chi connectivity index (χ1) is 11.8. The van der Waals surface area contributed by atoms with E-state index < -0.39 is 0 Å². The van der Waals surface area contributed by atoms with Gasteiger partial charge in [-0.3, -0.25) is 0 Å². The summed E-state index contributed by atoms with van der Waals surface area (Å²) in [5, 5.41) is 3.25. The van der Waals surface area contributed by atoms with Gasteiger partial charge >= 0.3 is 0 Å². The maximum Gasteiger partial charge on any atom is 0.227 e. The highest BCUT2D eigenvalue weighted by Crippen LogP contribution is 2.22. The standard InChI is InChI=1S/C19H23N5/c1-3-8-18-21-14-17(24(18)13-4-2)16-11-12-20-19(23-16)22-15-9-6-5-7-10-15/h5-7,9-12,14H,3-4,8,13H2,1-2H3,(H,20,22,23). The lowest BCUT2D eigenvalue weighted by Crippen LogP contribution is -2.06. The number of anilines is 2. The summed E-state index contributed by atoms with van der Waals surface area (Å²) in [4.78, 5) is 13.6. The van der Waals surface area contributed by atoms with Crippen LogP contribution in [-0.2, 0) is 13.0 Å². The number of imidazole rings is 1. The summed E-state index contributed by atoms with van der Waals surface area (Å²) < 4.78 is 2.28. The van der Waals surface area contributed by atoms with E-state index >= 15 is 0 Å². The molecule has 0 aliphatic rings. The Kier molecular flexibility index (Phi) is 5.21. The molecule has 0 saturated heterocycles. The van der Waals surface area contributed by atoms with Crippen molar-refractivity contribution in [2.45, 2.75) is 39.7 Å². The molecule has 0 spiro atoms. The van der Waals surface area contributed by atoms with E-state index in [9.17, 15) is 0 Å². The zero-order valence-electron chi connectivity index (χ0n) is 14.2. The molecule has 124 valence electrons. The zero-order valence-corrected chi connectivity index (χ0v) is 14.2. The van der Waals surface area contributed by atoms with E-state index in [1.165, 1.54) is 0 Å². The van der Waals surface area contributed by atoms with Crippen molar-refractivity contribution in [2.75, 3.05) is 5.32 Å². The summed E-state index contributed by atoms with van der Waals surface area (Å²) in [6.07, 6.45) is 6.86. The van der Waals surface area contributed by atoms with Crippen LogP contribution in [0.15, 0.2) is 48.8 Å². The van der Waals surface area contributed by atoms with Gasteiger partial charge in [-0.25, -0.2) is 15.0 Å². The lowest BCUT2D eigenvalue weighted by Gasteiger charge is -2.11. The van der Waals surface area contributed by atoms with E-state index in [0.717, 1.165) is 48.7 Å². The molecule has 0 unspecified atom stereocenters. The number of aromatic nitrogens is 4. The Hall–Kier alpha value is -2.69. The third-order valence-electron chi connectivity index (χ3n) is 3.81. The fourth-order valence-corrected chi connectivity index (χ4v) is 2.73. The molecule has 0 amide bonds. The number of rotatable bonds is 7. The van der Waals surface area contributed by atoms with Gasteiger partial charge in [0.2, 0.25) is 5.95 Å². The van der Waals surface area contributed by atoms with Gasteiger partial charge in [0.1, 0.15) is 5.82 Å². The molecule has 5 heteroatoms. The van der Waals surface area contributed by atoms with Crippen LogP contribution in [0.2, 0.25) is 0 Å². The molecule has 0 saturated carbocycles. The van der Waals surface area contributed by atoms with E-state index in [1.54, 1.807) is 6.20 Å². The summed E-state index contributed by atoms with van der Waals surface area (Å²) in [7, 11) is 0. The van der Waals surface area contributed by atoms with E-state index in [4.69, 9.17) is 0 Å². The monoisotopic (exact) mass is 321 g/mol. The van der Waals surface area contributed by atoms with E-state index in [2.05, 4.69) is 38.7 Å². The Morgan fingerprint density at radius 1 is 1.00 bits per heavy atom. The maximum atomic E-state index is 4.67. The number of benzene rings is 1. The predicted octanol–water partition coefficient (Wildman–Crippen LogP) is 4.45. The Labute approximate surface area is 142 Å². The highest BCUT2D eigenvalue weighted by Gasteiger charge is 2.12. The van der Waals surface area contributed by atoms with Crippen LogP contribution in [0, 0.1) is 0 Å². The Balaban J connectivity index is 1.91. The second-order valence-electron chi connectivity index (χ2n) is 5.72. The summed E-state index contributed by atoms with van der Waals surface area (Å²) in [6, 6.07) is 11.9. The number of aryl methyl sites for hydroxylation is 1. The van der Waals surface area contributed by atoms with Crippen LogP contribution in [-0.4, -0.2) is 19.5 Å². The van der Waals surface area contributed by atoms with E-state index in [1.807, 2.05) is 42.6 Å². The summed E-state index contributed by atoms with van der Waals surface area (Å²) in [6.45, 7) is 5.31. The highest BCUT2D eigenvalue weighted by atomic mass is 15.1. The van der Waals surface area contributed by atoms with E-state index in [-0.39, 0.29) is 0 Å². The van der Waals surface area contributed by atoms with Gasteiger partial charge in [-0.2, -0.15) is 0 Å². The molecule has 3 rings (SSSR count). The van der Waals surface area contributed by atoms with Crippen LogP contribution in [0.3, 0.4) is 0 Å². The van der Waals surface area contributed by atoms with Crippen molar-refractivity contribution in [3.63, 3.8) is 0 Å². The number of nitrogens with one attached hydrogen (secondary N) is 1. The van der Waals surface area contributed by atoms with Crippen molar-refractivity contribution in [3.05, 3.63) is 54.6 Å². The largest absolute Gasteiger partial charge is 0.327 e. The third kappa shape index (κ3) is 3.62. The van der Waals surface area contributed by atoms with Crippen molar-refractivity contribution in [1.29, 1.82) is 0 Å². The molecular weight excluding hydrogens is 298 g/mol. The molecule has 0 aliphatic heterocycles. The zero-order chi connectivity index (χ0) is 16.8. The van der Waals surface area contributed by atoms with Gasteiger partial charge in [-0.15, -0.1) is 0 Å².